The number of halogens is 3. The third-order valence-corrected chi connectivity index (χ3v) is 3.17. The first-order valence-electron chi connectivity index (χ1n) is 6.31. The van der Waals surface area contributed by atoms with Crippen molar-refractivity contribution in [3.63, 3.8) is 0 Å². The first kappa shape index (κ1) is 19.0. The molecule has 1 aromatic heterocycles. The van der Waals surface area contributed by atoms with Gasteiger partial charge in [-0.05, 0) is 25.0 Å². The van der Waals surface area contributed by atoms with Gasteiger partial charge in [0.1, 0.15) is 0 Å². The minimum Gasteiger partial charge on any atom is -0.351 e. The van der Waals surface area contributed by atoms with Crippen molar-refractivity contribution in [2.24, 2.45) is 0 Å². The summed E-state index contributed by atoms with van der Waals surface area (Å²) in [6, 6.07) is 4.36. The van der Waals surface area contributed by atoms with Gasteiger partial charge in [0.25, 0.3) is 0 Å². The average molecular weight is 315 g/mol. The zero-order valence-corrected chi connectivity index (χ0v) is 12.3. The molecule has 0 spiro atoms. The first-order chi connectivity index (χ1) is 9.13. The molecular weight excluding hydrogens is 295 g/mol. The third kappa shape index (κ3) is 6.95. The van der Waals surface area contributed by atoms with Crippen LogP contribution in [0.2, 0.25) is 0 Å². The van der Waals surface area contributed by atoms with Crippen LogP contribution in [0.4, 0.5) is 13.2 Å². The molecule has 4 nitrogen and oxygen atoms in total. The number of nitrogens with zero attached hydrogens (tertiary/aromatic N) is 1. The maximum Gasteiger partial charge on any atom is 0.522 e. The summed E-state index contributed by atoms with van der Waals surface area (Å²) in [7, 11) is -5.84. The summed E-state index contributed by atoms with van der Waals surface area (Å²) >= 11 is 0. The lowest BCUT2D eigenvalue weighted by molar-refractivity contribution is -0.0510. The maximum atomic E-state index is 10.7. The number of hydrogen-bond acceptors (Lipinski definition) is 2. The molecule has 0 aliphatic rings. The Morgan fingerprint density at radius 3 is 2.20 bits per heavy atom. The quantitative estimate of drug-likeness (QED) is 0.513. The minimum atomic E-state index is -5.84. The second-order valence-electron chi connectivity index (χ2n) is 4.17. The number of aromatic nitrogens is 1. The van der Waals surface area contributed by atoms with E-state index >= 15 is 0 Å². The predicted molar refractivity (Wildman–Crippen MR) is 70.9 cm³/mol. The Kier molecular flexibility index (Phi) is 7.88. The summed E-state index contributed by atoms with van der Waals surface area (Å²) in [6.45, 7) is 5.66. The molecule has 0 atom stereocenters. The summed E-state index contributed by atoms with van der Waals surface area (Å²) in [5.41, 5.74) is -4.07. The Morgan fingerprint density at radius 1 is 1.25 bits per heavy atom. The molecule has 0 amide bonds. The van der Waals surface area contributed by atoms with Crippen LogP contribution in [0.25, 0.3) is 0 Å². The molecule has 0 aromatic carbocycles. The molecule has 8 heteroatoms. The number of unbranched alkanes of at least 4 members (excludes halogenated alkanes) is 2. The van der Waals surface area contributed by atoms with E-state index in [1.165, 1.54) is 31.5 Å². The summed E-state index contributed by atoms with van der Waals surface area (Å²) in [4.78, 5) is 0. The van der Waals surface area contributed by atoms with Crippen LogP contribution in [0.3, 0.4) is 0 Å². The van der Waals surface area contributed by atoms with Gasteiger partial charge in [-0.3, -0.25) is 4.55 Å². The van der Waals surface area contributed by atoms with Crippen molar-refractivity contribution in [3.05, 3.63) is 24.0 Å². The van der Waals surface area contributed by atoms with Crippen LogP contribution in [0.15, 0.2) is 18.3 Å². The first-order valence-corrected chi connectivity index (χ1v) is 7.75. The standard InChI is InChI=1S/C11H19N.CHF3O3S/c1-3-5-6-9-12-10-7-8-11(12)4-2;2-1(3,4)8(5,6)7/h7-8,10H,3-6,9H2,1-2H3;(H,5,6,7). The van der Waals surface area contributed by atoms with Crippen LogP contribution < -0.4 is 0 Å². The van der Waals surface area contributed by atoms with E-state index in [1.54, 1.807) is 0 Å². The van der Waals surface area contributed by atoms with Gasteiger partial charge in [-0.25, -0.2) is 0 Å². The van der Waals surface area contributed by atoms with E-state index < -0.39 is 15.6 Å². The van der Waals surface area contributed by atoms with E-state index in [2.05, 4.69) is 36.7 Å². The van der Waals surface area contributed by atoms with E-state index in [4.69, 9.17) is 13.0 Å². The van der Waals surface area contributed by atoms with Crippen LogP contribution in [-0.2, 0) is 23.1 Å². The monoisotopic (exact) mass is 315 g/mol. The lowest BCUT2D eigenvalue weighted by Gasteiger charge is -2.06. The lowest BCUT2D eigenvalue weighted by Crippen LogP contribution is -2.21. The largest absolute Gasteiger partial charge is 0.522 e. The summed E-state index contributed by atoms with van der Waals surface area (Å²) in [5.74, 6) is 0. The van der Waals surface area contributed by atoms with Gasteiger partial charge < -0.3 is 4.57 Å². The fraction of sp³-hybridized carbons (Fsp3) is 0.667. The van der Waals surface area contributed by atoms with Gasteiger partial charge in [0.05, 0.1) is 0 Å². The number of aryl methyl sites for hydroxylation is 2. The highest BCUT2D eigenvalue weighted by atomic mass is 32.2. The average Bonchev–Trinajstić information content (AvgIpc) is 2.75. The van der Waals surface area contributed by atoms with Crippen molar-refractivity contribution in [2.45, 2.75) is 51.6 Å². The fourth-order valence-corrected chi connectivity index (χ4v) is 1.52. The molecule has 0 fully saturated rings. The van der Waals surface area contributed by atoms with Crippen LogP contribution in [0.5, 0.6) is 0 Å². The third-order valence-electron chi connectivity index (χ3n) is 2.58. The number of hydrogen-bond donors (Lipinski definition) is 1. The van der Waals surface area contributed by atoms with Gasteiger partial charge in [-0.1, -0.05) is 26.7 Å². The minimum absolute atomic E-state index is 1.15. The highest BCUT2D eigenvalue weighted by molar-refractivity contribution is 7.86. The van der Waals surface area contributed by atoms with Crippen molar-refractivity contribution in [1.29, 1.82) is 0 Å². The van der Waals surface area contributed by atoms with Gasteiger partial charge in [-0.15, -0.1) is 0 Å². The summed E-state index contributed by atoms with van der Waals surface area (Å²) in [6.07, 6.45) is 7.32. The number of rotatable bonds is 5. The molecule has 0 saturated heterocycles. The molecule has 1 aromatic rings. The molecule has 20 heavy (non-hydrogen) atoms. The Morgan fingerprint density at radius 2 is 1.80 bits per heavy atom. The topological polar surface area (TPSA) is 59.3 Å². The summed E-state index contributed by atoms with van der Waals surface area (Å²) < 4.78 is 59.9. The van der Waals surface area contributed by atoms with Crippen molar-refractivity contribution in [2.75, 3.05) is 0 Å². The highest BCUT2D eigenvalue weighted by Crippen LogP contribution is 2.20. The highest BCUT2D eigenvalue weighted by Gasteiger charge is 2.44. The Hall–Kier alpha value is -1.02. The zero-order chi connectivity index (χ0) is 15.8. The van der Waals surface area contributed by atoms with Gasteiger partial charge in [0.2, 0.25) is 0 Å². The van der Waals surface area contributed by atoms with Crippen LogP contribution in [0.1, 0.15) is 38.8 Å². The molecule has 118 valence electrons. The van der Waals surface area contributed by atoms with Crippen LogP contribution >= 0.6 is 0 Å². The van der Waals surface area contributed by atoms with Gasteiger partial charge >= 0.3 is 15.6 Å². The smallest absolute Gasteiger partial charge is 0.351 e. The second-order valence-corrected chi connectivity index (χ2v) is 5.59. The SMILES string of the molecule is CCCCCn1cccc1CC.O=S(=O)(O)C(F)(F)F. The number of alkyl halides is 3. The van der Waals surface area contributed by atoms with E-state index in [0.29, 0.717) is 0 Å². The summed E-state index contributed by atoms with van der Waals surface area (Å²) in [5, 5.41) is 0. The molecule has 0 aliphatic carbocycles. The van der Waals surface area contributed by atoms with E-state index in [-0.39, 0.29) is 0 Å². The van der Waals surface area contributed by atoms with Crippen molar-refractivity contribution in [1.82, 2.24) is 4.57 Å². The molecule has 1 N–H and O–H groups in total. The fourth-order valence-electron chi connectivity index (χ4n) is 1.52. The lowest BCUT2D eigenvalue weighted by atomic mass is 10.2. The normalized spacial score (nSPS) is 11.9. The Balaban J connectivity index is 0.000000396. The van der Waals surface area contributed by atoms with E-state index in [1.807, 2.05) is 0 Å². The van der Waals surface area contributed by atoms with Gasteiger partial charge in [0.15, 0.2) is 0 Å². The zero-order valence-electron chi connectivity index (χ0n) is 11.5. The molecule has 1 heterocycles. The van der Waals surface area contributed by atoms with Crippen molar-refractivity contribution >= 4 is 10.1 Å². The van der Waals surface area contributed by atoms with Crippen LogP contribution in [-0.4, -0.2) is 23.0 Å². The van der Waals surface area contributed by atoms with Crippen LogP contribution in [0, 0.1) is 0 Å². The van der Waals surface area contributed by atoms with Gasteiger partial charge in [0, 0.05) is 18.4 Å². The molecule has 0 radical (unpaired) electrons. The van der Waals surface area contributed by atoms with Crippen molar-refractivity contribution in [3.8, 4) is 0 Å². The Labute approximate surface area is 117 Å². The predicted octanol–water partition coefficient (Wildman–Crippen LogP) is 3.63. The molecule has 0 unspecified atom stereocenters. The molecule has 0 bridgehead atoms. The van der Waals surface area contributed by atoms with Gasteiger partial charge in [-0.2, -0.15) is 21.6 Å². The van der Waals surface area contributed by atoms with E-state index in [9.17, 15) is 13.2 Å². The Bertz CT molecular complexity index is 480. The molecule has 0 saturated carbocycles. The second kappa shape index (κ2) is 8.31. The molecule has 1 rings (SSSR count). The molecular formula is C12H20F3NO3S. The van der Waals surface area contributed by atoms with E-state index in [0.717, 1.165) is 6.42 Å². The molecule has 0 aliphatic heterocycles. The maximum absolute atomic E-state index is 10.7. The van der Waals surface area contributed by atoms with Crippen molar-refractivity contribution < 1.29 is 26.1 Å².